The molecule has 0 aliphatic carbocycles. The van der Waals surface area contributed by atoms with E-state index in [2.05, 4.69) is 9.97 Å². The molecule has 0 spiro atoms. The Morgan fingerprint density at radius 3 is 2.31 bits per heavy atom. The molecule has 3 heterocycles. The van der Waals surface area contributed by atoms with E-state index < -0.39 is 30.4 Å². The van der Waals surface area contributed by atoms with E-state index in [9.17, 15) is 14.7 Å². The van der Waals surface area contributed by atoms with Crippen molar-refractivity contribution >= 4 is 34.6 Å². The van der Waals surface area contributed by atoms with Gasteiger partial charge in [-0.05, 0) is 50.1 Å². The van der Waals surface area contributed by atoms with Crippen LogP contribution in [-0.4, -0.2) is 57.0 Å². The second-order valence-corrected chi connectivity index (χ2v) is 9.90. The van der Waals surface area contributed by atoms with E-state index in [0.717, 1.165) is 16.7 Å². The number of benzene rings is 2. The summed E-state index contributed by atoms with van der Waals surface area (Å²) >= 11 is 6.36. The van der Waals surface area contributed by atoms with E-state index in [0.29, 0.717) is 28.6 Å². The van der Waals surface area contributed by atoms with Crippen molar-refractivity contribution in [1.29, 1.82) is 0 Å². The van der Waals surface area contributed by atoms with Gasteiger partial charge in [-0.25, -0.2) is 19.6 Å². The minimum absolute atomic E-state index is 0.0791. The first kappa shape index (κ1) is 26.8. The molecule has 3 atom stereocenters. The molecule has 0 unspecified atom stereocenters. The Morgan fingerprint density at radius 1 is 1.03 bits per heavy atom. The highest BCUT2D eigenvalue weighted by molar-refractivity contribution is 6.34. The van der Waals surface area contributed by atoms with Gasteiger partial charge in [0.1, 0.15) is 42.2 Å². The molecule has 0 bridgehead atoms. The number of aliphatic hydroxyl groups excluding tert-OH is 1. The number of ether oxygens (including phenoxy) is 3. The zero-order valence-electron chi connectivity index (χ0n) is 21.5. The third-order valence-corrected chi connectivity index (χ3v) is 7.01. The molecule has 2 aromatic carbocycles. The van der Waals surface area contributed by atoms with Crippen LogP contribution in [0.3, 0.4) is 0 Å². The van der Waals surface area contributed by atoms with E-state index >= 15 is 0 Å². The van der Waals surface area contributed by atoms with Gasteiger partial charge in [0.05, 0.1) is 16.5 Å². The number of carbonyl (C=O) groups is 2. The van der Waals surface area contributed by atoms with Crippen LogP contribution in [0.1, 0.15) is 50.1 Å². The Morgan fingerprint density at radius 2 is 1.67 bits per heavy atom. The SMILES string of the molecule is Cc1ccc(C(=O)OC[C@H]2O[C@@H](n3cc(CCO)c4c(Cl)ncnc43)C[C@@H]2OC(=O)c2ccc(C)cc2)cc1. The van der Waals surface area contributed by atoms with Crippen molar-refractivity contribution in [2.24, 2.45) is 0 Å². The number of nitrogens with zero attached hydrogens (tertiary/aromatic N) is 3. The summed E-state index contributed by atoms with van der Waals surface area (Å²) in [5, 5.41) is 10.4. The fraction of sp³-hybridized carbons (Fsp3) is 0.310. The number of rotatable bonds is 8. The highest BCUT2D eigenvalue weighted by Crippen LogP contribution is 2.36. The molecule has 1 N–H and O–H groups in total. The van der Waals surface area contributed by atoms with Crippen molar-refractivity contribution < 1.29 is 28.9 Å². The molecule has 1 aliphatic heterocycles. The zero-order valence-corrected chi connectivity index (χ0v) is 22.3. The number of aliphatic hydroxyl groups is 1. The predicted octanol–water partition coefficient (Wildman–Crippen LogP) is 4.61. The molecular formula is C29H28ClN3O6. The second kappa shape index (κ2) is 11.5. The first-order valence-corrected chi connectivity index (χ1v) is 13.0. The number of aryl methyl sites for hydroxylation is 2. The van der Waals surface area contributed by atoms with Gasteiger partial charge in [-0.3, -0.25) is 0 Å². The first-order valence-electron chi connectivity index (χ1n) is 12.6. The standard InChI is InChI=1S/C29H28ClN3O6/c1-17-3-7-19(8-4-17)28(35)37-15-23-22(39-29(36)20-9-5-18(2)6-10-20)13-24(38-23)33-14-21(11-12-34)25-26(30)31-16-32-27(25)33/h3-10,14,16,22-24,34H,11-13,15H2,1-2H3/t22-,23+,24+/m0/s1. The van der Waals surface area contributed by atoms with E-state index in [1.807, 2.05) is 44.3 Å². The maximum atomic E-state index is 13.0. The lowest BCUT2D eigenvalue weighted by Crippen LogP contribution is -2.32. The molecule has 0 saturated carbocycles. The fourth-order valence-corrected chi connectivity index (χ4v) is 4.87. The molecule has 9 nitrogen and oxygen atoms in total. The lowest BCUT2D eigenvalue weighted by Gasteiger charge is -2.19. The number of halogens is 1. The molecule has 202 valence electrons. The molecule has 4 aromatic rings. The number of carbonyl (C=O) groups excluding carboxylic acids is 2. The number of aromatic nitrogens is 3. The molecule has 0 radical (unpaired) electrons. The summed E-state index contributed by atoms with van der Waals surface area (Å²) in [6, 6.07) is 14.1. The zero-order chi connectivity index (χ0) is 27.5. The summed E-state index contributed by atoms with van der Waals surface area (Å²) in [6.45, 7) is 3.67. The Bertz CT molecular complexity index is 1490. The Kier molecular flexibility index (Phi) is 7.92. The van der Waals surface area contributed by atoms with Crippen LogP contribution in [0.4, 0.5) is 0 Å². The topological polar surface area (TPSA) is 113 Å². The van der Waals surface area contributed by atoms with E-state index in [-0.39, 0.29) is 24.8 Å². The Balaban J connectivity index is 1.40. The van der Waals surface area contributed by atoms with Gasteiger partial charge in [-0.1, -0.05) is 47.0 Å². The molecule has 10 heteroatoms. The quantitative estimate of drug-likeness (QED) is 0.250. The van der Waals surface area contributed by atoms with Crippen LogP contribution in [0.25, 0.3) is 11.0 Å². The van der Waals surface area contributed by atoms with Crippen LogP contribution in [0.15, 0.2) is 61.1 Å². The minimum Gasteiger partial charge on any atom is -0.459 e. The number of hydrogen-bond acceptors (Lipinski definition) is 8. The van der Waals surface area contributed by atoms with Crippen molar-refractivity contribution in [3.63, 3.8) is 0 Å². The summed E-state index contributed by atoms with van der Waals surface area (Å²) in [6.07, 6.45) is 1.78. The summed E-state index contributed by atoms with van der Waals surface area (Å²) in [4.78, 5) is 34.1. The van der Waals surface area contributed by atoms with Crippen LogP contribution in [0, 0.1) is 13.8 Å². The molecule has 39 heavy (non-hydrogen) atoms. The van der Waals surface area contributed by atoms with Crippen LogP contribution in [0.2, 0.25) is 5.15 Å². The van der Waals surface area contributed by atoms with Gasteiger partial charge in [0.2, 0.25) is 0 Å². The molecular weight excluding hydrogens is 522 g/mol. The van der Waals surface area contributed by atoms with E-state index in [4.69, 9.17) is 25.8 Å². The molecule has 2 aromatic heterocycles. The van der Waals surface area contributed by atoms with E-state index in [1.54, 1.807) is 28.8 Å². The van der Waals surface area contributed by atoms with Crippen molar-refractivity contribution in [3.05, 3.63) is 94.0 Å². The average molecular weight is 550 g/mol. The Labute approximate surface area is 230 Å². The smallest absolute Gasteiger partial charge is 0.338 e. The van der Waals surface area contributed by atoms with Gasteiger partial charge in [-0.2, -0.15) is 0 Å². The van der Waals surface area contributed by atoms with Gasteiger partial charge in [0.25, 0.3) is 0 Å². The third kappa shape index (κ3) is 5.80. The fourth-order valence-electron chi connectivity index (χ4n) is 4.62. The van der Waals surface area contributed by atoms with Crippen LogP contribution < -0.4 is 0 Å². The molecule has 5 rings (SSSR count). The lowest BCUT2D eigenvalue weighted by atomic mass is 10.1. The normalized spacial score (nSPS) is 18.8. The molecule has 1 saturated heterocycles. The summed E-state index contributed by atoms with van der Waals surface area (Å²) in [5.41, 5.74) is 4.18. The highest BCUT2D eigenvalue weighted by atomic mass is 35.5. The van der Waals surface area contributed by atoms with Crippen LogP contribution in [0.5, 0.6) is 0 Å². The maximum absolute atomic E-state index is 13.0. The maximum Gasteiger partial charge on any atom is 0.338 e. The van der Waals surface area contributed by atoms with Gasteiger partial charge in [0, 0.05) is 19.2 Å². The van der Waals surface area contributed by atoms with Gasteiger partial charge < -0.3 is 23.9 Å². The molecule has 1 fully saturated rings. The first-order chi connectivity index (χ1) is 18.8. The molecule has 0 amide bonds. The number of esters is 2. The lowest BCUT2D eigenvalue weighted by molar-refractivity contribution is -0.0562. The van der Waals surface area contributed by atoms with Gasteiger partial charge in [0.15, 0.2) is 0 Å². The monoisotopic (exact) mass is 549 g/mol. The van der Waals surface area contributed by atoms with Crippen molar-refractivity contribution in [3.8, 4) is 0 Å². The van der Waals surface area contributed by atoms with Gasteiger partial charge >= 0.3 is 11.9 Å². The Hall–Kier alpha value is -3.79. The second-order valence-electron chi connectivity index (χ2n) is 9.54. The van der Waals surface area contributed by atoms with Crippen LogP contribution in [-0.2, 0) is 20.6 Å². The summed E-state index contributed by atoms with van der Waals surface area (Å²) in [5.74, 6) is -0.996. The number of fused-ring (bicyclic) bond motifs is 1. The number of hydrogen-bond donors (Lipinski definition) is 1. The third-order valence-electron chi connectivity index (χ3n) is 6.73. The van der Waals surface area contributed by atoms with E-state index in [1.165, 1.54) is 6.33 Å². The highest BCUT2D eigenvalue weighted by Gasteiger charge is 2.41. The summed E-state index contributed by atoms with van der Waals surface area (Å²) < 4.78 is 19.6. The van der Waals surface area contributed by atoms with Gasteiger partial charge in [-0.15, -0.1) is 0 Å². The largest absolute Gasteiger partial charge is 0.459 e. The van der Waals surface area contributed by atoms with Crippen molar-refractivity contribution in [1.82, 2.24) is 14.5 Å². The van der Waals surface area contributed by atoms with Crippen LogP contribution >= 0.6 is 11.6 Å². The summed E-state index contributed by atoms with van der Waals surface area (Å²) in [7, 11) is 0. The van der Waals surface area contributed by atoms with Crippen molar-refractivity contribution in [2.45, 2.75) is 45.1 Å². The average Bonchev–Trinajstić information content (AvgIpc) is 3.50. The van der Waals surface area contributed by atoms with Crippen molar-refractivity contribution in [2.75, 3.05) is 13.2 Å². The minimum atomic E-state index is -0.727. The molecule has 1 aliphatic rings. The predicted molar refractivity (Wildman–Crippen MR) is 144 cm³/mol.